The minimum absolute atomic E-state index is 0.0346. The van der Waals surface area contributed by atoms with Crippen LogP contribution in [0.2, 0.25) is 0 Å². The number of anilines is 1. The molecule has 0 heterocycles. The van der Waals surface area contributed by atoms with Crippen LogP contribution in [-0.2, 0) is 4.79 Å². The fourth-order valence-electron chi connectivity index (χ4n) is 2.51. The fraction of sp³-hybridized carbons (Fsp3) is 0.467. The van der Waals surface area contributed by atoms with Crippen molar-refractivity contribution in [2.24, 2.45) is 0 Å². The molecule has 0 saturated heterocycles. The zero-order valence-electron chi connectivity index (χ0n) is 11.3. The van der Waals surface area contributed by atoms with E-state index in [4.69, 9.17) is 0 Å². The molecule has 0 unspecified atom stereocenters. The van der Waals surface area contributed by atoms with Gasteiger partial charge in [-0.05, 0) is 31.0 Å². The van der Waals surface area contributed by atoms with Crippen molar-refractivity contribution in [3.8, 4) is 6.07 Å². The smallest absolute Gasteiger partial charge is 0.240 e. The summed E-state index contributed by atoms with van der Waals surface area (Å²) in [7, 11) is 0. The molecule has 20 heavy (non-hydrogen) atoms. The molecule has 0 aromatic heterocycles. The molecule has 0 bridgehead atoms. The van der Waals surface area contributed by atoms with Gasteiger partial charge < -0.3 is 10.6 Å². The summed E-state index contributed by atoms with van der Waals surface area (Å²) in [6.07, 6.45) is 4.45. The van der Waals surface area contributed by atoms with Gasteiger partial charge in [0.2, 0.25) is 5.91 Å². The van der Waals surface area contributed by atoms with Gasteiger partial charge >= 0.3 is 0 Å². The van der Waals surface area contributed by atoms with Crippen molar-refractivity contribution < 1.29 is 9.18 Å². The molecule has 2 N–H and O–H groups in total. The summed E-state index contributed by atoms with van der Waals surface area (Å²) in [6.45, 7) is 0.0346. The Labute approximate surface area is 118 Å². The molecular weight excluding hydrogens is 257 g/mol. The first-order chi connectivity index (χ1) is 9.63. The highest BCUT2D eigenvalue weighted by atomic mass is 19.1. The van der Waals surface area contributed by atoms with E-state index in [0.29, 0.717) is 18.5 Å². The van der Waals surface area contributed by atoms with Crippen molar-refractivity contribution in [3.05, 3.63) is 30.1 Å². The molecular formula is C15H18FN3O. The Balaban J connectivity index is 1.87. The van der Waals surface area contributed by atoms with Crippen LogP contribution in [0.4, 0.5) is 10.1 Å². The van der Waals surface area contributed by atoms with Crippen molar-refractivity contribution in [2.45, 2.75) is 37.6 Å². The molecule has 1 fully saturated rings. The third-order valence-corrected chi connectivity index (χ3v) is 3.58. The van der Waals surface area contributed by atoms with E-state index in [2.05, 4.69) is 16.7 Å². The molecule has 2 rings (SSSR count). The number of amides is 1. The number of nitriles is 1. The molecule has 1 aliphatic rings. The first-order valence-electron chi connectivity index (χ1n) is 6.85. The van der Waals surface area contributed by atoms with Crippen LogP contribution < -0.4 is 10.6 Å². The van der Waals surface area contributed by atoms with Crippen LogP contribution in [0.3, 0.4) is 0 Å². The lowest BCUT2D eigenvalue weighted by atomic mass is 9.83. The Morgan fingerprint density at radius 3 is 2.75 bits per heavy atom. The first kappa shape index (κ1) is 14.3. The van der Waals surface area contributed by atoms with Crippen LogP contribution in [0.15, 0.2) is 24.3 Å². The van der Waals surface area contributed by atoms with E-state index in [1.165, 1.54) is 12.1 Å². The molecule has 0 radical (unpaired) electrons. The lowest BCUT2D eigenvalue weighted by Crippen LogP contribution is -2.50. The average Bonchev–Trinajstić information content (AvgIpc) is 2.46. The number of carbonyl (C=O) groups is 1. The third kappa shape index (κ3) is 3.70. The van der Waals surface area contributed by atoms with E-state index in [1.54, 1.807) is 12.1 Å². The molecule has 1 aromatic carbocycles. The molecule has 1 aromatic rings. The first-order valence-corrected chi connectivity index (χ1v) is 6.85. The lowest BCUT2D eigenvalue weighted by Gasteiger charge is -2.31. The summed E-state index contributed by atoms with van der Waals surface area (Å²) >= 11 is 0. The zero-order chi connectivity index (χ0) is 14.4. The highest BCUT2D eigenvalue weighted by Crippen LogP contribution is 2.27. The highest BCUT2D eigenvalue weighted by Gasteiger charge is 2.33. The quantitative estimate of drug-likeness (QED) is 0.887. The van der Waals surface area contributed by atoms with Crippen LogP contribution in [-0.4, -0.2) is 18.0 Å². The maximum atomic E-state index is 13.0. The molecule has 0 atom stereocenters. The molecule has 1 amide bonds. The van der Waals surface area contributed by atoms with Gasteiger partial charge in [-0.3, -0.25) is 4.79 Å². The van der Waals surface area contributed by atoms with Gasteiger partial charge in [-0.2, -0.15) is 5.26 Å². The average molecular weight is 275 g/mol. The second-order valence-corrected chi connectivity index (χ2v) is 5.17. The number of benzene rings is 1. The minimum atomic E-state index is -0.723. The molecule has 1 aliphatic carbocycles. The Morgan fingerprint density at radius 2 is 2.10 bits per heavy atom. The number of halogens is 1. The van der Waals surface area contributed by atoms with Gasteiger partial charge in [-0.1, -0.05) is 25.3 Å². The fourth-order valence-corrected chi connectivity index (χ4v) is 2.51. The van der Waals surface area contributed by atoms with Crippen molar-refractivity contribution in [1.82, 2.24) is 5.32 Å². The van der Waals surface area contributed by atoms with E-state index in [-0.39, 0.29) is 18.3 Å². The lowest BCUT2D eigenvalue weighted by molar-refractivity contribution is -0.121. The van der Waals surface area contributed by atoms with Crippen LogP contribution >= 0.6 is 0 Å². The van der Waals surface area contributed by atoms with E-state index in [9.17, 15) is 14.4 Å². The maximum Gasteiger partial charge on any atom is 0.240 e. The number of carbonyl (C=O) groups excluding carboxylic acids is 1. The summed E-state index contributed by atoms with van der Waals surface area (Å²) in [5.74, 6) is -0.589. The van der Waals surface area contributed by atoms with Crippen molar-refractivity contribution in [1.29, 1.82) is 5.26 Å². The van der Waals surface area contributed by atoms with Crippen LogP contribution in [0.25, 0.3) is 0 Å². The summed E-state index contributed by atoms with van der Waals surface area (Å²) in [5.41, 5.74) is -0.173. The predicted octanol–water partition coefficient (Wildman–Crippen LogP) is 2.58. The van der Waals surface area contributed by atoms with Crippen LogP contribution in [0, 0.1) is 17.1 Å². The molecule has 106 valence electrons. The second-order valence-electron chi connectivity index (χ2n) is 5.17. The van der Waals surface area contributed by atoms with Gasteiger partial charge in [-0.15, -0.1) is 0 Å². The van der Waals surface area contributed by atoms with E-state index >= 15 is 0 Å². The number of nitrogens with zero attached hydrogens (tertiary/aromatic N) is 1. The Kier molecular flexibility index (Phi) is 4.57. The topological polar surface area (TPSA) is 64.9 Å². The summed E-state index contributed by atoms with van der Waals surface area (Å²) in [5, 5.41) is 14.9. The highest BCUT2D eigenvalue weighted by molar-refractivity contribution is 5.81. The van der Waals surface area contributed by atoms with Gasteiger partial charge in [-0.25, -0.2) is 4.39 Å². The standard InChI is InChI=1S/C15H18FN3O/c16-12-5-4-6-13(9-12)18-10-14(20)19-15(11-17)7-2-1-3-8-15/h4-6,9,18H,1-3,7-8,10H2,(H,19,20). The monoisotopic (exact) mass is 275 g/mol. The number of hydrogen-bond acceptors (Lipinski definition) is 3. The Bertz CT molecular complexity index is 518. The van der Waals surface area contributed by atoms with Crippen molar-refractivity contribution in [3.63, 3.8) is 0 Å². The van der Waals surface area contributed by atoms with E-state index in [1.807, 2.05) is 0 Å². The summed E-state index contributed by atoms with van der Waals surface area (Å²) < 4.78 is 13.0. The van der Waals surface area contributed by atoms with Gasteiger partial charge in [0.1, 0.15) is 11.4 Å². The van der Waals surface area contributed by atoms with Gasteiger partial charge in [0.25, 0.3) is 0 Å². The molecule has 4 nitrogen and oxygen atoms in total. The molecule has 0 aliphatic heterocycles. The minimum Gasteiger partial charge on any atom is -0.376 e. The van der Waals surface area contributed by atoms with Crippen LogP contribution in [0.1, 0.15) is 32.1 Å². The molecule has 5 heteroatoms. The SMILES string of the molecule is N#CC1(NC(=O)CNc2cccc(F)c2)CCCCC1. The summed E-state index contributed by atoms with van der Waals surface area (Å²) in [4.78, 5) is 11.9. The van der Waals surface area contributed by atoms with Crippen molar-refractivity contribution in [2.75, 3.05) is 11.9 Å². The number of nitrogens with one attached hydrogen (secondary N) is 2. The van der Waals surface area contributed by atoms with Gasteiger partial charge in [0.15, 0.2) is 0 Å². The molecule has 0 spiro atoms. The van der Waals surface area contributed by atoms with E-state index < -0.39 is 5.54 Å². The number of hydrogen-bond donors (Lipinski definition) is 2. The normalized spacial score (nSPS) is 17.0. The second kappa shape index (κ2) is 6.38. The van der Waals surface area contributed by atoms with E-state index in [0.717, 1.165) is 19.3 Å². The Hall–Kier alpha value is -2.09. The maximum absolute atomic E-state index is 13.0. The zero-order valence-corrected chi connectivity index (χ0v) is 11.3. The summed E-state index contributed by atoms with van der Waals surface area (Å²) in [6, 6.07) is 8.18. The Morgan fingerprint density at radius 1 is 1.35 bits per heavy atom. The predicted molar refractivity (Wildman–Crippen MR) is 74.5 cm³/mol. The molecule has 1 saturated carbocycles. The van der Waals surface area contributed by atoms with Gasteiger partial charge in [0, 0.05) is 5.69 Å². The number of rotatable bonds is 4. The third-order valence-electron chi connectivity index (χ3n) is 3.58. The van der Waals surface area contributed by atoms with Crippen molar-refractivity contribution >= 4 is 11.6 Å². The largest absolute Gasteiger partial charge is 0.376 e. The van der Waals surface area contributed by atoms with Crippen LogP contribution in [0.5, 0.6) is 0 Å². The van der Waals surface area contributed by atoms with Gasteiger partial charge in [0.05, 0.1) is 12.6 Å².